The van der Waals surface area contributed by atoms with Gasteiger partial charge in [0.25, 0.3) is 11.8 Å². The van der Waals surface area contributed by atoms with Crippen molar-refractivity contribution in [3.63, 3.8) is 0 Å². The topological polar surface area (TPSA) is 61.9 Å². The van der Waals surface area contributed by atoms with Gasteiger partial charge in [0.05, 0.1) is 28.9 Å². The number of rotatable bonds is 5. The van der Waals surface area contributed by atoms with Gasteiger partial charge in [-0.25, -0.2) is 4.39 Å². The Bertz CT molecular complexity index is 1160. The van der Waals surface area contributed by atoms with E-state index in [0.717, 1.165) is 17.5 Å². The van der Waals surface area contributed by atoms with E-state index in [9.17, 15) is 14.0 Å². The summed E-state index contributed by atoms with van der Waals surface area (Å²) >= 11 is 6.04. The standard InChI is InChI=1S/C25H23ClFN3O3/c1-33-19-9-7-18(8-10-19)28-23-5-3-2-4-21(23)25(32)30-14-12-29(13-15-30)24(31)20-11-6-17(27)16-22(20)26/h2-11,16,28H,12-15H2,1H3. The SMILES string of the molecule is COc1ccc(Nc2ccccc2C(=O)N2CCN(C(=O)c3ccc(F)cc3Cl)CC2)cc1. The minimum Gasteiger partial charge on any atom is -0.497 e. The number of anilines is 2. The third kappa shape index (κ3) is 5.09. The summed E-state index contributed by atoms with van der Waals surface area (Å²) in [6.07, 6.45) is 0. The van der Waals surface area contributed by atoms with Crippen LogP contribution in [0, 0.1) is 5.82 Å². The smallest absolute Gasteiger partial charge is 0.256 e. The van der Waals surface area contributed by atoms with Gasteiger partial charge >= 0.3 is 0 Å². The highest BCUT2D eigenvalue weighted by Gasteiger charge is 2.27. The summed E-state index contributed by atoms with van der Waals surface area (Å²) < 4.78 is 18.5. The van der Waals surface area contributed by atoms with Crippen LogP contribution in [0.4, 0.5) is 15.8 Å². The fraction of sp³-hybridized carbons (Fsp3) is 0.200. The molecule has 1 heterocycles. The summed E-state index contributed by atoms with van der Waals surface area (Å²) in [7, 11) is 1.61. The largest absolute Gasteiger partial charge is 0.497 e. The van der Waals surface area contributed by atoms with Crippen molar-refractivity contribution in [1.82, 2.24) is 9.80 Å². The van der Waals surface area contributed by atoms with E-state index < -0.39 is 5.82 Å². The summed E-state index contributed by atoms with van der Waals surface area (Å²) in [6.45, 7) is 1.51. The molecule has 8 heteroatoms. The van der Waals surface area contributed by atoms with Crippen LogP contribution in [0.1, 0.15) is 20.7 Å². The highest BCUT2D eigenvalue weighted by Crippen LogP contribution is 2.25. The van der Waals surface area contributed by atoms with Gasteiger partial charge in [-0.15, -0.1) is 0 Å². The number of amides is 2. The van der Waals surface area contributed by atoms with E-state index in [-0.39, 0.29) is 22.4 Å². The minimum atomic E-state index is -0.492. The lowest BCUT2D eigenvalue weighted by molar-refractivity contribution is 0.0536. The van der Waals surface area contributed by atoms with Gasteiger partial charge in [0.15, 0.2) is 0 Å². The van der Waals surface area contributed by atoms with Crippen LogP contribution < -0.4 is 10.1 Å². The number of carbonyl (C=O) groups excluding carboxylic acids is 2. The molecule has 1 N–H and O–H groups in total. The molecular formula is C25H23ClFN3O3. The first-order chi connectivity index (χ1) is 16.0. The van der Waals surface area contributed by atoms with Crippen molar-refractivity contribution in [3.05, 3.63) is 88.7 Å². The van der Waals surface area contributed by atoms with Crippen molar-refractivity contribution < 1.29 is 18.7 Å². The van der Waals surface area contributed by atoms with Crippen LogP contribution in [0.25, 0.3) is 0 Å². The number of para-hydroxylation sites is 1. The predicted molar refractivity (Wildman–Crippen MR) is 126 cm³/mol. The first kappa shape index (κ1) is 22.6. The Morgan fingerprint density at radius 3 is 2.09 bits per heavy atom. The Morgan fingerprint density at radius 2 is 1.48 bits per heavy atom. The van der Waals surface area contributed by atoms with Crippen LogP contribution in [0.5, 0.6) is 5.75 Å². The lowest BCUT2D eigenvalue weighted by atomic mass is 10.1. The average Bonchev–Trinajstić information content (AvgIpc) is 2.84. The Balaban J connectivity index is 1.43. The molecule has 0 aromatic heterocycles. The number of benzene rings is 3. The van der Waals surface area contributed by atoms with Crippen LogP contribution in [-0.2, 0) is 0 Å². The second kappa shape index (κ2) is 9.92. The molecule has 4 rings (SSSR count). The van der Waals surface area contributed by atoms with Crippen LogP contribution in [-0.4, -0.2) is 54.9 Å². The minimum absolute atomic E-state index is 0.0806. The average molecular weight is 468 g/mol. The molecule has 170 valence electrons. The van der Waals surface area contributed by atoms with E-state index >= 15 is 0 Å². The zero-order valence-electron chi connectivity index (χ0n) is 18.1. The Morgan fingerprint density at radius 1 is 0.879 bits per heavy atom. The van der Waals surface area contributed by atoms with E-state index in [0.29, 0.717) is 37.4 Å². The van der Waals surface area contributed by atoms with Crippen LogP contribution in [0.15, 0.2) is 66.7 Å². The summed E-state index contributed by atoms with van der Waals surface area (Å²) in [6, 6.07) is 18.5. The molecule has 33 heavy (non-hydrogen) atoms. The fourth-order valence-electron chi connectivity index (χ4n) is 3.72. The summed E-state index contributed by atoms with van der Waals surface area (Å²) in [5, 5.41) is 3.37. The quantitative estimate of drug-likeness (QED) is 0.584. The second-order valence-corrected chi connectivity index (χ2v) is 8.01. The molecule has 3 aromatic rings. The molecule has 0 aliphatic carbocycles. The number of carbonyl (C=O) groups is 2. The van der Waals surface area contributed by atoms with E-state index in [2.05, 4.69) is 5.32 Å². The molecule has 1 fully saturated rings. The fourth-order valence-corrected chi connectivity index (χ4v) is 3.97. The molecule has 1 aliphatic heterocycles. The number of halogens is 2. The molecule has 0 spiro atoms. The Kier molecular flexibility index (Phi) is 6.79. The molecule has 0 saturated carbocycles. The first-order valence-electron chi connectivity index (χ1n) is 10.5. The number of methoxy groups -OCH3 is 1. The van der Waals surface area contributed by atoms with E-state index in [1.54, 1.807) is 23.0 Å². The van der Waals surface area contributed by atoms with Crippen molar-refractivity contribution in [1.29, 1.82) is 0 Å². The molecule has 3 aromatic carbocycles. The lowest BCUT2D eigenvalue weighted by Crippen LogP contribution is -2.50. The van der Waals surface area contributed by atoms with Gasteiger partial charge < -0.3 is 19.9 Å². The van der Waals surface area contributed by atoms with Gasteiger partial charge in [-0.3, -0.25) is 9.59 Å². The maximum atomic E-state index is 13.3. The van der Waals surface area contributed by atoms with Gasteiger partial charge in [-0.1, -0.05) is 23.7 Å². The number of nitrogens with one attached hydrogen (secondary N) is 1. The van der Waals surface area contributed by atoms with Crippen molar-refractivity contribution in [3.8, 4) is 5.75 Å². The highest BCUT2D eigenvalue weighted by atomic mass is 35.5. The molecule has 0 bridgehead atoms. The van der Waals surface area contributed by atoms with Crippen LogP contribution >= 0.6 is 11.6 Å². The van der Waals surface area contributed by atoms with Crippen molar-refractivity contribution in [2.24, 2.45) is 0 Å². The third-order valence-electron chi connectivity index (χ3n) is 5.54. The predicted octanol–water partition coefficient (Wildman–Crippen LogP) is 4.83. The number of piperazine rings is 1. The molecule has 1 aliphatic rings. The second-order valence-electron chi connectivity index (χ2n) is 7.61. The van der Waals surface area contributed by atoms with E-state index in [1.807, 2.05) is 42.5 Å². The molecule has 6 nitrogen and oxygen atoms in total. The highest BCUT2D eigenvalue weighted by molar-refractivity contribution is 6.33. The molecule has 0 unspecified atom stereocenters. The Labute approximate surface area is 196 Å². The number of hydrogen-bond donors (Lipinski definition) is 1. The molecule has 0 atom stereocenters. The van der Waals surface area contributed by atoms with E-state index in [4.69, 9.17) is 16.3 Å². The first-order valence-corrected chi connectivity index (χ1v) is 10.9. The maximum absolute atomic E-state index is 13.3. The van der Waals surface area contributed by atoms with Crippen molar-refractivity contribution in [2.45, 2.75) is 0 Å². The van der Waals surface area contributed by atoms with Gasteiger partial charge in [-0.05, 0) is 54.6 Å². The molecule has 2 amide bonds. The van der Waals surface area contributed by atoms with Crippen molar-refractivity contribution >= 4 is 34.8 Å². The number of hydrogen-bond acceptors (Lipinski definition) is 4. The van der Waals surface area contributed by atoms with Gasteiger partial charge in [-0.2, -0.15) is 0 Å². The summed E-state index contributed by atoms with van der Waals surface area (Å²) in [5.74, 6) is -0.125. The summed E-state index contributed by atoms with van der Waals surface area (Å²) in [4.78, 5) is 29.4. The van der Waals surface area contributed by atoms with Crippen molar-refractivity contribution in [2.75, 3.05) is 38.6 Å². The zero-order chi connectivity index (χ0) is 23.4. The molecule has 1 saturated heterocycles. The zero-order valence-corrected chi connectivity index (χ0v) is 18.8. The van der Waals surface area contributed by atoms with Crippen LogP contribution in [0.2, 0.25) is 5.02 Å². The normalized spacial score (nSPS) is 13.5. The van der Waals surface area contributed by atoms with Gasteiger partial charge in [0.2, 0.25) is 0 Å². The third-order valence-corrected chi connectivity index (χ3v) is 5.85. The molecular weight excluding hydrogens is 445 g/mol. The Hall–Kier alpha value is -3.58. The summed E-state index contributed by atoms with van der Waals surface area (Å²) in [5.41, 5.74) is 2.34. The van der Waals surface area contributed by atoms with Gasteiger partial charge in [0, 0.05) is 31.9 Å². The van der Waals surface area contributed by atoms with E-state index in [1.165, 1.54) is 12.1 Å². The molecule has 0 radical (unpaired) electrons. The van der Waals surface area contributed by atoms with Gasteiger partial charge in [0.1, 0.15) is 11.6 Å². The number of ether oxygens (including phenoxy) is 1. The van der Waals surface area contributed by atoms with Crippen LogP contribution in [0.3, 0.4) is 0 Å². The monoisotopic (exact) mass is 467 g/mol. The lowest BCUT2D eigenvalue weighted by Gasteiger charge is -2.35. The number of nitrogens with zero attached hydrogens (tertiary/aromatic N) is 2. The maximum Gasteiger partial charge on any atom is 0.256 e.